The van der Waals surface area contributed by atoms with Crippen LogP contribution in [0.2, 0.25) is 0 Å². The van der Waals surface area contributed by atoms with E-state index in [0.29, 0.717) is 12.0 Å². The molecule has 0 spiro atoms. The topological polar surface area (TPSA) is 12.0 Å². The summed E-state index contributed by atoms with van der Waals surface area (Å²) in [5.41, 5.74) is 3.96. The molecular formula is C16H23N. The van der Waals surface area contributed by atoms with Gasteiger partial charge in [0.1, 0.15) is 0 Å². The fraction of sp³-hybridized carbons (Fsp3) is 0.500. The number of terminal acetylenes is 1. The van der Waals surface area contributed by atoms with Crippen LogP contribution >= 0.6 is 0 Å². The molecule has 1 N–H and O–H groups in total. The summed E-state index contributed by atoms with van der Waals surface area (Å²) >= 11 is 0. The smallest absolute Gasteiger partial charge is 0.0714 e. The van der Waals surface area contributed by atoms with Crippen LogP contribution in [0, 0.1) is 32.1 Å². The maximum absolute atomic E-state index is 5.55. The van der Waals surface area contributed by atoms with Crippen LogP contribution in [0.5, 0.6) is 0 Å². The molecule has 1 aromatic rings. The van der Waals surface area contributed by atoms with Crippen LogP contribution in [0.4, 0.5) is 0 Å². The minimum Gasteiger partial charge on any atom is -0.297 e. The van der Waals surface area contributed by atoms with Crippen molar-refractivity contribution in [2.24, 2.45) is 5.92 Å². The Balaban J connectivity index is 2.83. The molecule has 92 valence electrons. The monoisotopic (exact) mass is 229 g/mol. The first-order valence-electron chi connectivity index (χ1n) is 6.25. The first-order valence-corrected chi connectivity index (χ1v) is 6.25. The lowest BCUT2D eigenvalue weighted by molar-refractivity contribution is 0.431. The third-order valence-corrected chi connectivity index (χ3v) is 3.17. The summed E-state index contributed by atoms with van der Waals surface area (Å²) in [6, 6.07) is 6.98. The number of hydrogen-bond acceptors (Lipinski definition) is 1. The van der Waals surface area contributed by atoms with Gasteiger partial charge in [-0.05, 0) is 37.8 Å². The van der Waals surface area contributed by atoms with Crippen molar-refractivity contribution in [2.75, 3.05) is 0 Å². The summed E-state index contributed by atoms with van der Waals surface area (Å²) in [7, 11) is 0. The number of benzene rings is 1. The zero-order valence-corrected chi connectivity index (χ0v) is 11.5. The minimum absolute atomic E-state index is 0.130. The van der Waals surface area contributed by atoms with E-state index < -0.39 is 0 Å². The molecule has 2 atom stereocenters. The molecular weight excluding hydrogens is 206 g/mol. The summed E-state index contributed by atoms with van der Waals surface area (Å²) in [6.45, 7) is 10.7. The van der Waals surface area contributed by atoms with Gasteiger partial charge in [0, 0.05) is 6.04 Å². The van der Waals surface area contributed by atoms with Gasteiger partial charge in [-0.25, -0.2) is 0 Å². The van der Waals surface area contributed by atoms with Crippen molar-refractivity contribution in [1.82, 2.24) is 5.32 Å². The first kappa shape index (κ1) is 13.8. The van der Waals surface area contributed by atoms with Gasteiger partial charge in [-0.1, -0.05) is 43.5 Å². The van der Waals surface area contributed by atoms with Gasteiger partial charge in [-0.3, -0.25) is 5.32 Å². The molecule has 0 heterocycles. The van der Waals surface area contributed by atoms with E-state index in [1.165, 1.54) is 16.7 Å². The molecule has 0 aromatic heterocycles. The van der Waals surface area contributed by atoms with Gasteiger partial charge in [-0.2, -0.15) is 0 Å². The molecule has 0 amide bonds. The Hall–Kier alpha value is -1.26. The summed E-state index contributed by atoms with van der Waals surface area (Å²) in [6.07, 6.45) is 5.55. The van der Waals surface area contributed by atoms with Crippen LogP contribution in [-0.2, 0) is 0 Å². The van der Waals surface area contributed by atoms with E-state index in [9.17, 15) is 0 Å². The Morgan fingerprint density at radius 2 is 1.82 bits per heavy atom. The van der Waals surface area contributed by atoms with Crippen molar-refractivity contribution in [1.29, 1.82) is 0 Å². The lowest BCUT2D eigenvalue weighted by atomic mass is 9.98. The summed E-state index contributed by atoms with van der Waals surface area (Å²) < 4.78 is 0. The lowest BCUT2D eigenvalue weighted by Gasteiger charge is -2.23. The van der Waals surface area contributed by atoms with Crippen molar-refractivity contribution < 1.29 is 0 Å². The maximum atomic E-state index is 5.55. The Bertz CT molecular complexity index is 412. The van der Waals surface area contributed by atoms with Crippen LogP contribution in [0.1, 0.15) is 43.5 Å². The molecule has 0 saturated carbocycles. The van der Waals surface area contributed by atoms with Crippen LogP contribution in [0.3, 0.4) is 0 Å². The van der Waals surface area contributed by atoms with E-state index in [1.54, 1.807) is 0 Å². The van der Waals surface area contributed by atoms with Crippen LogP contribution in [-0.4, -0.2) is 6.04 Å². The molecule has 1 rings (SSSR count). The molecule has 1 nitrogen and oxygen atoms in total. The molecule has 0 aliphatic heterocycles. The maximum Gasteiger partial charge on any atom is 0.0714 e. The van der Waals surface area contributed by atoms with Gasteiger partial charge in [0.05, 0.1) is 6.04 Å². The highest BCUT2D eigenvalue weighted by atomic mass is 14.9. The molecule has 2 unspecified atom stereocenters. The Kier molecular flexibility index (Phi) is 4.78. The highest BCUT2D eigenvalue weighted by Crippen LogP contribution is 2.20. The number of hydrogen-bond donors (Lipinski definition) is 1. The molecule has 1 aromatic carbocycles. The summed E-state index contributed by atoms with van der Waals surface area (Å²) in [5, 5.41) is 3.51. The molecule has 1 heteroatoms. The zero-order chi connectivity index (χ0) is 13.0. The van der Waals surface area contributed by atoms with Crippen molar-refractivity contribution in [3.05, 3.63) is 34.9 Å². The highest BCUT2D eigenvalue weighted by Gasteiger charge is 2.15. The molecule has 0 aliphatic rings. The standard InChI is InChI=1S/C16H23N/c1-7-16(11(2)3)17-14(6)15-9-8-12(4)10-13(15)5/h1,8-11,14,16-17H,2-6H3. The second-order valence-corrected chi connectivity index (χ2v) is 5.14. The second kappa shape index (κ2) is 5.89. The predicted molar refractivity (Wildman–Crippen MR) is 74.9 cm³/mol. The molecule has 0 radical (unpaired) electrons. The van der Waals surface area contributed by atoms with Crippen molar-refractivity contribution in [3.8, 4) is 12.3 Å². The number of aryl methyl sites for hydroxylation is 2. The lowest BCUT2D eigenvalue weighted by Crippen LogP contribution is -2.34. The Labute approximate surface area is 106 Å². The van der Waals surface area contributed by atoms with Gasteiger partial charge >= 0.3 is 0 Å². The van der Waals surface area contributed by atoms with Gasteiger partial charge in [-0.15, -0.1) is 6.42 Å². The normalized spacial score (nSPS) is 14.4. The van der Waals surface area contributed by atoms with E-state index >= 15 is 0 Å². The summed E-state index contributed by atoms with van der Waals surface area (Å²) in [4.78, 5) is 0. The Morgan fingerprint density at radius 3 is 2.29 bits per heavy atom. The fourth-order valence-electron chi connectivity index (χ4n) is 2.10. The van der Waals surface area contributed by atoms with Crippen molar-refractivity contribution in [2.45, 2.75) is 46.7 Å². The minimum atomic E-state index is 0.130. The number of rotatable bonds is 4. The number of nitrogens with one attached hydrogen (secondary N) is 1. The van der Waals surface area contributed by atoms with Gasteiger partial charge in [0.25, 0.3) is 0 Å². The van der Waals surface area contributed by atoms with Crippen LogP contribution in [0.15, 0.2) is 18.2 Å². The van der Waals surface area contributed by atoms with E-state index in [-0.39, 0.29) is 6.04 Å². The Morgan fingerprint density at radius 1 is 1.18 bits per heavy atom. The van der Waals surface area contributed by atoms with Gasteiger partial charge < -0.3 is 0 Å². The van der Waals surface area contributed by atoms with Gasteiger partial charge in [0.15, 0.2) is 0 Å². The fourth-order valence-corrected chi connectivity index (χ4v) is 2.10. The molecule has 0 saturated heterocycles. The van der Waals surface area contributed by atoms with Crippen LogP contribution < -0.4 is 5.32 Å². The second-order valence-electron chi connectivity index (χ2n) is 5.14. The molecule has 0 bridgehead atoms. The van der Waals surface area contributed by atoms with Crippen molar-refractivity contribution in [3.63, 3.8) is 0 Å². The van der Waals surface area contributed by atoms with Gasteiger partial charge in [0.2, 0.25) is 0 Å². The third kappa shape index (κ3) is 3.61. The highest BCUT2D eigenvalue weighted by molar-refractivity contribution is 5.32. The van der Waals surface area contributed by atoms with E-state index in [1.807, 2.05) is 0 Å². The first-order chi connectivity index (χ1) is 7.95. The predicted octanol–water partition coefficient (Wildman–Crippen LogP) is 3.61. The molecule has 0 aliphatic carbocycles. The van der Waals surface area contributed by atoms with Crippen LogP contribution in [0.25, 0.3) is 0 Å². The summed E-state index contributed by atoms with van der Waals surface area (Å²) in [5.74, 6) is 3.27. The average Bonchev–Trinajstić information content (AvgIpc) is 2.24. The van der Waals surface area contributed by atoms with E-state index in [0.717, 1.165) is 0 Å². The largest absolute Gasteiger partial charge is 0.297 e. The van der Waals surface area contributed by atoms with E-state index in [2.05, 4.69) is 64.1 Å². The molecule has 17 heavy (non-hydrogen) atoms. The molecule has 0 fully saturated rings. The van der Waals surface area contributed by atoms with E-state index in [4.69, 9.17) is 6.42 Å². The van der Waals surface area contributed by atoms with Crippen molar-refractivity contribution >= 4 is 0 Å². The SMILES string of the molecule is C#CC(NC(C)c1ccc(C)cc1C)C(C)C. The third-order valence-electron chi connectivity index (χ3n) is 3.17. The quantitative estimate of drug-likeness (QED) is 0.778. The zero-order valence-electron chi connectivity index (χ0n) is 11.5. The average molecular weight is 229 g/mol.